The number of ether oxygens (including phenoxy) is 2. The summed E-state index contributed by atoms with van der Waals surface area (Å²) in [4.78, 5) is 11.1. The van der Waals surface area contributed by atoms with E-state index in [1.165, 1.54) is 0 Å². The quantitative estimate of drug-likeness (QED) is 0.363. The molecule has 0 saturated carbocycles. The second-order valence-corrected chi connectivity index (χ2v) is 8.53. The lowest BCUT2D eigenvalue weighted by Crippen LogP contribution is -2.28. The molecular formula is C24H27N5O2S. The molecule has 0 spiro atoms. The molecule has 4 rings (SSSR count). The van der Waals surface area contributed by atoms with Gasteiger partial charge in [0.15, 0.2) is 11.0 Å². The van der Waals surface area contributed by atoms with Gasteiger partial charge in [0.05, 0.1) is 16.8 Å². The summed E-state index contributed by atoms with van der Waals surface area (Å²) in [5.41, 5.74) is 8.32. The Bertz CT molecular complexity index is 1090. The fourth-order valence-electron chi connectivity index (χ4n) is 3.59. The van der Waals surface area contributed by atoms with Crippen molar-refractivity contribution in [2.45, 2.75) is 6.42 Å². The summed E-state index contributed by atoms with van der Waals surface area (Å²) in [7, 11) is 1.72. The van der Waals surface area contributed by atoms with Crippen molar-refractivity contribution in [1.82, 2.24) is 9.88 Å². The Balaban J connectivity index is 1.46. The van der Waals surface area contributed by atoms with Crippen LogP contribution in [0.15, 0.2) is 77.9 Å². The summed E-state index contributed by atoms with van der Waals surface area (Å²) in [6, 6.07) is 15.7. The molecule has 1 aliphatic rings. The van der Waals surface area contributed by atoms with Crippen molar-refractivity contribution in [3.63, 3.8) is 0 Å². The minimum Gasteiger partial charge on any atom is -0.436 e. The van der Waals surface area contributed by atoms with E-state index in [1.807, 2.05) is 42.5 Å². The van der Waals surface area contributed by atoms with Crippen molar-refractivity contribution < 1.29 is 9.47 Å². The lowest BCUT2D eigenvalue weighted by atomic mass is 10.1. The molecule has 3 aromatic rings. The molecule has 0 bridgehead atoms. The van der Waals surface area contributed by atoms with Crippen LogP contribution in [0.25, 0.3) is 10.2 Å². The number of hydrogen-bond acceptors (Lipinski definition) is 8. The van der Waals surface area contributed by atoms with Gasteiger partial charge in [0.1, 0.15) is 5.75 Å². The van der Waals surface area contributed by atoms with Crippen molar-refractivity contribution in [1.29, 1.82) is 0 Å². The highest BCUT2D eigenvalue weighted by molar-refractivity contribution is 7.22. The Morgan fingerprint density at radius 2 is 2.12 bits per heavy atom. The molecule has 0 amide bonds. The SMILES string of the molecule is C=C/C=N\C(Oc1ccc(Nc2nc3ccccc3s2)cc1)=C(/N)N1CC[C@H](COC)C1. The van der Waals surface area contributed by atoms with E-state index in [1.54, 1.807) is 30.7 Å². The summed E-state index contributed by atoms with van der Waals surface area (Å²) in [6.07, 6.45) is 4.20. The number of anilines is 2. The topological polar surface area (TPSA) is 85.0 Å². The molecule has 1 fully saturated rings. The maximum absolute atomic E-state index is 6.41. The molecule has 0 radical (unpaired) electrons. The first-order valence-electron chi connectivity index (χ1n) is 10.5. The lowest BCUT2D eigenvalue weighted by molar-refractivity contribution is 0.155. The van der Waals surface area contributed by atoms with Gasteiger partial charge in [-0.25, -0.2) is 9.98 Å². The van der Waals surface area contributed by atoms with Crippen molar-refractivity contribution in [3.05, 3.63) is 72.9 Å². The van der Waals surface area contributed by atoms with Crippen LogP contribution in [-0.4, -0.2) is 42.9 Å². The van der Waals surface area contributed by atoms with Crippen molar-refractivity contribution in [2.75, 3.05) is 32.1 Å². The van der Waals surface area contributed by atoms with E-state index in [0.717, 1.165) is 47.2 Å². The van der Waals surface area contributed by atoms with Crippen LogP contribution < -0.4 is 15.8 Å². The predicted molar refractivity (Wildman–Crippen MR) is 131 cm³/mol. The summed E-state index contributed by atoms with van der Waals surface area (Å²) < 4.78 is 12.5. The zero-order chi connectivity index (χ0) is 22.3. The van der Waals surface area contributed by atoms with Crippen LogP contribution in [-0.2, 0) is 4.74 Å². The zero-order valence-electron chi connectivity index (χ0n) is 18.0. The maximum Gasteiger partial charge on any atom is 0.260 e. The fourth-order valence-corrected chi connectivity index (χ4v) is 4.48. The first-order chi connectivity index (χ1) is 15.7. The number of para-hydroxylation sites is 1. The number of thiazole rings is 1. The van der Waals surface area contributed by atoms with Gasteiger partial charge in [-0.2, -0.15) is 0 Å². The van der Waals surface area contributed by atoms with E-state index in [9.17, 15) is 0 Å². The Labute approximate surface area is 191 Å². The maximum atomic E-state index is 6.41. The van der Waals surface area contributed by atoms with Crippen LogP contribution in [0.4, 0.5) is 10.8 Å². The zero-order valence-corrected chi connectivity index (χ0v) is 18.8. The largest absolute Gasteiger partial charge is 0.436 e. The van der Waals surface area contributed by atoms with Crippen molar-refractivity contribution in [3.8, 4) is 5.75 Å². The van der Waals surface area contributed by atoms with Crippen LogP contribution in [0, 0.1) is 5.92 Å². The number of aromatic nitrogens is 1. The number of nitrogens with one attached hydrogen (secondary N) is 1. The Hall–Kier alpha value is -3.36. The van der Waals surface area contributed by atoms with Crippen LogP contribution >= 0.6 is 11.3 Å². The van der Waals surface area contributed by atoms with Crippen LogP contribution in [0.3, 0.4) is 0 Å². The smallest absolute Gasteiger partial charge is 0.260 e. The third-order valence-corrected chi connectivity index (χ3v) is 6.11. The molecule has 1 aliphatic heterocycles. The first-order valence-corrected chi connectivity index (χ1v) is 11.3. The molecular weight excluding hydrogens is 422 g/mol. The second-order valence-electron chi connectivity index (χ2n) is 7.50. The third kappa shape index (κ3) is 5.27. The molecule has 166 valence electrons. The standard InChI is InChI=1S/C24H27N5O2S/c1-3-13-26-23(22(25)29-14-12-17(15-29)16-30-2)31-19-10-8-18(9-11-19)27-24-28-20-6-4-5-7-21(20)32-24/h3-11,13,17H,1,12,14-16,25H2,2H3,(H,27,28)/b23-22-,26-13-/t17-/m0/s1. The lowest BCUT2D eigenvalue weighted by Gasteiger charge is -2.20. The number of aliphatic imine (C=N–C) groups is 1. The third-order valence-electron chi connectivity index (χ3n) is 5.16. The van der Waals surface area contributed by atoms with Gasteiger partial charge < -0.3 is 25.4 Å². The highest BCUT2D eigenvalue weighted by Crippen LogP contribution is 2.29. The minimum absolute atomic E-state index is 0.356. The van der Waals surface area contributed by atoms with Gasteiger partial charge in [-0.3, -0.25) is 0 Å². The molecule has 1 atom stereocenters. The average Bonchev–Trinajstić information content (AvgIpc) is 3.44. The number of nitrogens with zero attached hydrogens (tertiary/aromatic N) is 3. The first kappa shape index (κ1) is 21.9. The molecule has 2 heterocycles. The number of nitrogens with two attached hydrogens (primary N) is 1. The molecule has 0 aliphatic carbocycles. The Morgan fingerprint density at radius 3 is 2.88 bits per heavy atom. The van der Waals surface area contributed by atoms with Gasteiger partial charge >= 0.3 is 0 Å². The van der Waals surface area contributed by atoms with Gasteiger partial charge in [-0.1, -0.05) is 36.1 Å². The summed E-state index contributed by atoms with van der Waals surface area (Å²) in [6.45, 7) is 6.08. The van der Waals surface area contributed by atoms with Gasteiger partial charge in [0.2, 0.25) is 0 Å². The van der Waals surface area contributed by atoms with Gasteiger partial charge in [0, 0.05) is 38.0 Å². The van der Waals surface area contributed by atoms with E-state index >= 15 is 0 Å². The second kappa shape index (κ2) is 10.3. The molecule has 7 nitrogen and oxygen atoms in total. The van der Waals surface area contributed by atoms with Crippen molar-refractivity contribution >= 4 is 38.6 Å². The van der Waals surface area contributed by atoms with Gasteiger partial charge in [-0.05, 0) is 42.8 Å². The van der Waals surface area contributed by atoms with E-state index in [2.05, 4.69) is 32.8 Å². The highest BCUT2D eigenvalue weighted by Gasteiger charge is 2.25. The number of benzene rings is 2. The number of allylic oxidation sites excluding steroid dienone is 1. The summed E-state index contributed by atoms with van der Waals surface area (Å²) >= 11 is 1.62. The number of hydrogen-bond donors (Lipinski definition) is 2. The Morgan fingerprint density at radius 1 is 1.31 bits per heavy atom. The predicted octanol–water partition coefficient (Wildman–Crippen LogP) is 4.73. The van der Waals surface area contributed by atoms with Crippen molar-refractivity contribution in [2.24, 2.45) is 16.6 Å². The van der Waals surface area contributed by atoms with E-state index in [4.69, 9.17) is 15.2 Å². The van der Waals surface area contributed by atoms with Crippen LogP contribution in [0.5, 0.6) is 5.75 Å². The van der Waals surface area contributed by atoms with Crippen LogP contribution in [0.2, 0.25) is 0 Å². The van der Waals surface area contributed by atoms with Gasteiger partial charge in [-0.15, -0.1) is 0 Å². The molecule has 0 unspecified atom stereocenters. The molecule has 8 heteroatoms. The monoisotopic (exact) mass is 449 g/mol. The van der Waals surface area contributed by atoms with Crippen LogP contribution in [0.1, 0.15) is 6.42 Å². The molecule has 1 saturated heterocycles. The number of methoxy groups -OCH3 is 1. The molecule has 32 heavy (non-hydrogen) atoms. The molecule has 3 N–H and O–H groups in total. The van der Waals surface area contributed by atoms with E-state index < -0.39 is 0 Å². The summed E-state index contributed by atoms with van der Waals surface area (Å²) in [5.74, 6) is 1.97. The highest BCUT2D eigenvalue weighted by atomic mass is 32.1. The molecule has 1 aromatic heterocycles. The minimum atomic E-state index is 0.356. The number of likely N-dealkylation sites (tertiary alicyclic amines) is 1. The fraction of sp³-hybridized carbons (Fsp3) is 0.250. The normalized spacial score (nSPS) is 17.0. The van der Waals surface area contributed by atoms with Gasteiger partial charge in [0.25, 0.3) is 5.88 Å². The number of fused-ring (bicyclic) bond motifs is 1. The van der Waals surface area contributed by atoms with E-state index in [-0.39, 0.29) is 0 Å². The summed E-state index contributed by atoms with van der Waals surface area (Å²) in [5, 5.41) is 4.19. The van der Waals surface area contributed by atoms with E-state index in [0.29, 0.717) is 23.4 Å². The molecule has 2 aromatic carbocycles. The Kier molecular flexibility index (Phi) is 7.03. The average molecular weight is 450 g/mol. The number of rotatable bonds is 9.